The van der Waals surface area contributed by atoms with Gasteiger partial charge in [0.2, 0.25) is 0 Å². The second-order valence-corrected chi connectivity index (χ2v) is 5.57. The molecule has 128 valence electrons. The van der Waals surface area contributed by atoms with Crippen molar-refractivity contribution in [3.63, 3.8) is 0 Å². The molecular weight excluding hydrogens is 312 g/mol. The molecule has 0 spiro atoms. The van der Waals surface area contributed by atoms with Gasteiger partial charge in [0.05, 0.1) is 20.8 Å². The van der Waals surface area contributed by atoms with Gasteiger partial charge in [-0.15, -0.1) is 0 Å². The van der Waals surface area contributed by atoms with Crippen LogP contribution in [0.2, 0.25) is 0 Å². The van der Waals surface area contributed by atoms with E-state index in [-0.39, 0.29) is 0 Å². The molecule has 3 aromatic carbocycles. The number of hydrogen-bond donors (Lipinski definition) is 0. The third-order valence-corrected chi connectivity index (χ3v) is 4.11. The third kappa shape index (κ3) is 3.61. The van der Waals surface area contributed by atoms with Gasteiger partial charge < -0.3 is 14.2 Å². The van der Waals surface area contributed by atoms with E-state index in [1.807, 2.05) is 43.3 Å². The highest BCUT2D eigenvalue weighted by Gasteiger charge is 2.14. The van der Waals surface area contributed by atoms with Crippen LogP contribution in [0.15, 0.2) is 66.7 Å². The molecule has 3 heteroatoms. The van der Waals surface area contributed by atoms with Gasteiger partial charge in [0.25, 0.3) is 0 Å². The van der Waals surface area contributed by atoms with Crippen LogP contribution in [-0.4, -0.2) is 20.8 Å². The maximum atomic E-state index is 5.90. The largest absolute Gasteiger partial charge is 0.497 e. The lowest BCUT2D eigenvalue weighted by molar-refractivity contribution is 0.342. The molecule has 3 rings (SSSR count). The van der Waals surface area contributed by atoms with Gasteiger partial charge in [0, 0.05) is 5.56 Å². The van der Waals surface area contributed by atoms with Crippen LogP contribution in [0.3, 0.4) is 0 Å². The van der Waals surface area contributed by atoms with E-state index in [1.165, 1.54) is 0 Å². The molecule has 0 N–H and O–H groups in total. The van der Waals surface area contributed by atoms with Gasteiger partial charge in [-0.05, 0) is 53.9 Å². The molecule has 0 aliphatic carbocycles. The Kier molecular flexibility index (Phi) is 5.24. The molecule has 0 saturated heterocycles. The zero-order valence-corrected chi connectivity index (χ0v) is 14.8. The van der Waals surface area contributed by atoms with Gasteiger partial charge in [-0.3, -0.25) is 0 Å². The molecule has 0 atom stereocenters. The lowest BCUT2D eigenvalue weighted by Crippen LogP contribution is -1.96. The molecule has 0 unspecified atom stereocenters. The molecule has 0 radical (unpaired) electrons. The Hall–Kier alpha value is -2.94. The van der Waals surface area contributed by atoms with Gasteiger partial charge >= 0.3 is 0 Å². The lowest BCUT2D eigenvalue weighted by Gasteiger charge is -2.16. The van der Waals surface area contributed by atoms with Crippen LogP contribution < -0.4 is 14.2 Å². The molecule has 0 fully saturated rings. The molecule has 0 saturated carbocycles. The first-order chi connectivity index (χ1) is 12.3. The maximum Gasteiger partial charge on any atom is 0.127 e. The summed E-state index contributed by atoms with van der Waals surface area (Å²) in [4.78, 5) is 0. The minimum absolute atomic E-state index is 0.620. The van der Waals surface area contributed by atoms with Crippen LogP contribution in [0.25, 0.3) is 22.3 Å². The summed E-state index contributed by atoms with van der Waals surface area (Å²) in [5.41, 5.74) is 4.42. The molecule has 3 nitrogen and oxygen atoms in total. The average molecular weight is 334 g/mol. The summed E-state index contributed by atoms with van der Waals surface area (Å²) in [6.07, 6.45) is 0. The zero-order chi connectivity index (χ0) is 17.6. The summed E-state index contributed by atoms with van der Waals surface area (Å²) in [5, 5.41) is 0. The van der Waals surface area contributed by atoms with Crippen molar-refractivity contribution in [2.45, 2.75) is 6.92 Å². The van der Waals surface area contributed by atoms with Crippen LogP contribution in [0, 0.1) is 0 Å². The van der Waals surface area contributed by atoms with Crippen LogP contribution in [0.5, 0.6) is 17.2 Å². The number of ether oxygens (including phenoxy) is 3. The van der Waals surface area contributed by atoms with E-state index in [4.69, 9.17) is 14.2 Å². The van der Waals surface area contributed by atoms with Crippen molar-refractivity contribution in [1.82, 2.24) is 0 Å². The highest BCUT2D eigenvalue weighted by atomic mass is 16.5. The molecule has 0 aromatic heterocycles. The van der Waals surface area contributed by atoms with Crippen molar-refractivity contribution in [1.29, 1.82) is 0 Å². The molecule has 0 amide bonds. The number of methoxy groups -OCH3 is 2. The van der Waals surface area contributed by atoms with Crippen LogP contribution in [0.1, 0.15) is 6.92 Å². The first kappa shape index (κ1) is 16.9. The van der Waals surface area contributed by atoms with Gasteiger partial charge in [0.15, 0.2) is 0 Å². The highest BCUT2D eigenvalue weighted by Crippen LogP contribution is 2.40. The quantitative estimate of drug-likeness (QED) is 0.601. The summed E-state index contributed by atoms with van der Waals surface area (Å²) in [6, 6.07) is 22.3. The Morgan fingerprint density at radius 1 is 0.680 bits per heavy atom. The molecular formula is C22H22O3. The molecule has 0 aliphatic rings. The summed E-state index contributed by atoms with van der Waals surface area (Å²) in [6.45, 7) is 2.62. The van der Waals surface area contributed by atoms with Crippen molar-refractivity contribution in [3.8, 4) is 39.5 Å². The minimum Gasteiger partial charge on any atom is -0.497 e. The topological polar surface area (TPSA) is 27.7 Å². The molecule has 0 heterocycles. The summed E-state index contributed by atoms with van der Waals surface area (Å²) >= 11 is 0. The van der Waals surface area contributed by atoms with Crippen molar-refractivity contribution < 1.29 is 14.2 Å². The van der Waals surface area contributed by atoms with E-state index >= 15 is 0 Å². The van der Waals surface area contributed by atoms with E-state index < -0.39 is 0 Å². The highest BCUT2D eigenvalue weighted by molar-refractivity contribution is 5.87. The SMILES string of the molecule is CCOc1cccc(-c2ccc(OC)cc2)c1-c1ccc(OC)cc1. The second kappa shape index (κ2) is 7.75. The zero-order valence-electron chi connectivity index (χ0n) is 14.8. The van der Waals surface area contributed by atoms with Crippen molar-refractivity contribution in [3.05, 3.63) is 66.7 Å². The van der Waals surface area contributed by atoms with E-state index in [9.17, 15) is 0 Å². The fourth-order valence-corrected chi connectivity index (χ4v) is 2.87. The van der Waals surface area contributed by atoms with Crippen LogP contribution in [0.4, 0.5) is 0 Å². The summed E-state index contributed by atoms with van der Waals surface area (Å²) in [7, 11) is 3.35. The Balaban J connectivity index is 2.15. The monoisotopic (exact) mass is 334 g/mol. The average Bonchev–Trinajstić information content (AvgIpc) is 2.68. The van der Waals surface area contributed by atoms with Gasteiger partial charge in [0.1, 0.15) is 17.2 Å². The van der Waals surface area contributed by atoms with Crippen LogP contribution >= 0.6 is 0 Å². The predicted octanol–water partition coefficient (Wildman–Crippen LogP) is 5.44. The lowest BCUT2D eigenvalue weighted by atomic mass is 9.93. The number of benzene rings is 3. The van der Waals surface area contributed by atoms with E-state index in [0.717, 1.165) is 39.5 Å². The van der Waals surface area contributed by atoms with Gasteiger partial charge in [-0.2, -0.15) is 0 Å². The number of hydrogen-bond acceptors (Lipinski definition) is 3. The van der Waals surface area contributed by atoms with E-state index in [1.54, 1.807) is 14.2 Å². The fraction of sp³-hybridized carbons (Fsp3) is 0.182. The second-order valence-electron chi connectivity index (χ2n) is 5.57. The standard InChI is InChI=1S/C22H22O3/c1-4-25-21-7-5-6-20(16-8-12-18(23-2)13-9-16)22(21)17-10-14-19(24-3)15-11-17/h5-15H,4H2,1-3H3. The number of rotatable bonds is 6. The van der Waals surface area contributed by atoms with Crippen molar-refractivity contribution in [2.24, 2.45) is 0 Å². The molecule has 25 heavy (non-hydrogen) atoms. The Morgan fingerprint density at radius 3 is 1.76 bits per heavy atom. The van der Waals surface area contributed by atoms with E-state index in [0.29, 0.717) is 6.61 Å². The van der Waals surface area contributed by atoms with Crippen molar-refractivity contribution in [2.75, 3.05) is 20.8 Å². The molecule has 0 aliphatic heterocycles. The third-order valence-electron chi connectivity index (χ3n) is 4.11. The molecule has 3 aromatic rings. The molecule has 0 bridgehead atoms. The first-order valence-electron chi connectivity index (χ1n) is 8.31. The predicted molar refractivity (Wildman–Crippen MR) is 102 cm³/mol. The summed E-state index contributed by atoms with van der Waals surface area (Å²) in [5.74, 6) is 2.56. The van der Waals surface area contributed by atoms with E-state index in [2.05, 4.69) is 30.3 Å². The smallest absolute Gasteiger partial charge is 0.127 e. The summed E-state index contributed by atoms with van der Waals surface area (Å²) < 4.78 is 16.4. The van der Waals surface area contributed by atoms with Crippen LogP contribution in [-0.2, 0) is 0 Å². The fourth-order valence-electron chi connectivity index (χ4n) is 2.87. The van der Waals surface area contributed by atoms with Gasteiger partial charge in [-0.25, -0.2) is 0 Å². The van der Waals surface area contributed by atoms with Gasteiger partial charge in [-0.1, -0.05) is 36.4 Å². The van der Waals surface area contributed by atoms with Crippen molar-refractivity contribution >= 4 is 0 Å². The Morgan fingerprint density at radius 2 is 1.24 bits per heavy atom. The minimum atomic E-state index is 0.620. The normalized spacial score (nSPS) is 10.4. The Labute approximate surface area is 148 Å². The first-order valence-corrected chi connectivity index (χ1v) is 8.31. The maximum absolute atomic E-state index is 5.90. The Bertz CT molecular complexity index is 821.